The zero-order chi connectivity index (χ0) is 18.9. The van der Waals surface area contributed by atoms with Gasteiger partial charge in [-0.1, -0.05) is 6.92 Å². The molecule has 0 fully saturated rings. The zero-order valence-corrected chi connectivity index (χ0v) is 16.1. The largest absolute Gasteiger partial charge is 0.497 e. The van der Waals surface area contributed by atoms with Crippen LogP contribution in [0, 0.1) is 0 Å². The summed E-state index contributed by atoms with van der Waals surface area (Å²) in [5.74, 6) is 2.12. The van der Waals surface area contributed by atoms with Crippen molar-refractivity contribution in [2.45, 2.75) is 13.3 Å². The average Bonchev–Trinajstić information content (AvgIpc) is 2.68. The van der Waals surface area contributed by atoms with E-state index in [1.165, 1.54) is 0 Å². The fourth-order valence-corrected chi connectivity index (χ4v) is 2.48. The van der Waals surface area contributed by atoms with Gasteiger partial charge in [0.15, 0.2) is 16.6 Å². The molecule has 2 N–H and O–H groups in total. The molecule has 0 aliphatic carbocycles. The number of methoxy groups -OCH3 is 3. The van der Waals surface area contributed by atoms with Crippen molar-refractivity contribution >= 4 is 28.7 Å². The van der Waals surface area contributed by atoms with Crippen molar-refractivity contribution in [3.8, 4) is 17.2 Å². The second-order valence-corrected chi connectivity index (χ2v) is 5.68. The Morgan fingerprint density at radius 1 is 0.962 bits per heavy atom. The molecule has 6 nitrogen and oxygen atoms in total. The van der Waals surface area contributed by atoms with Crippen LogP contribution in [0.3, 0.4) is 0 Å². The van der Waals surface area contributed by atoms with Gasteiger partial charge in [0.2, 0.25) is 0 Å². The summed E-state index contributed by atoms with van der Waals surface area (Å²) in [6.07, 6.45) is 0.730. The molecule has 7 heteroatoms. The molecule has 0 atom stereocenters. The predicted molar refractivity (Wildman–Crippen MR) is 109 cm³/mol. The number of ether oxygens (including phenoxy) is 3. The number of anilines is 1. The Bertz CT molecular complexity index is 776. The summed E-state index contributed by atoms with van der Waals surface area (Å²) < 4.78 is 15.7. The average molecular weight is 373 g/mol. The number of benzene rings is 2. The third kappa shape index (κ3) is 5.10. The molecular formula is C19H23N3O3S. The van der Waals surface area contributed by atoms with E-state index in [-0.39, 0.29) is 0 Å². The Morgan fingerprint density at radius 2 is 1.65 bits per heavy atom. The van der Waals surface area contributed by atoms with Gasteiger partial charge < -0.3 is 19.5 Å². The van der Waals surface area contributed by atoms with Crippen LogP contribution in [-0.2, 0) is 0 Å². The zero-order valence-electron chi connectivity index (χ0n) is 15.3. The molecule has 0 aromatic heterocycles. The smallest absolute Gasteiger partial charge is 0.191 e. The minimum Gasteiger partial charge on any atom is -0.497 e. The molecule has 0 bridgehead atoms. The monoisotopic (exact) mass is 373 g/mol. The van der Waals surface area contributed by atoms with Crippen molar-refractivity contribution in [2.75, 3.05) is 26.6 Å². The fourth-order valence-electron chi connectivity index (χ4n) is 2.32. The third-order valence-electron chi connectivity index (χ3n) is 3.69. The Kier molecular flexibility index (Phi) is 7.23. The molecule has 138 valence electrons. The third-order valence-corrected chi connectivity index (χ3v) is 3.89. The van der Waals surface area contributed by atoms with Gasteiger partial charge in [0, 0.05) is 11.3 Å². The van der Waals surface area contributed by atoms with E-state index in [1.807, 2.05) is 49.4 Å². The molecular weight excluding hydrogens is 350 g/mol. The molecule has 2 aromatic rings. The standard InChI is InChI=1S/C19H23N3O3S/c1-5-16(13-6-11-17(24-3)18(12-13)25-4)21-22-19(26)20-14-7-9-15(23-2)10-8-14/h6-12H,5H2,1-4H3,(H2,20,22,26)/b21-16+. The van der Waals surface area contributed by atoms with E-state index in [2.05, 4.69) is 15.8 Å². The highest BCUT2D eigenvalue weighted by atomic mass is 32.1. The Morgan fingerprint density at radius 3 is 2.23 bits per heavy atom. The summed E-state index contributed by atoms with van der Waals surface area (Å²) in [5, 5.41) is 7.90. The second-order valence-electron chi connectivity index (χ2n) is 5.28. The highest BCUT2D eigenvalue weighted by Crippen LogP contribution is 2.28. The maximum absolute atomic E-state index is 5.35. The molecule has 26 heavy (non-hydrogen) atoms. The number of nitrogens with one attached hydrogen (secondary N) is 2. The summed E-state index contributed by atoms with van der Waals surface area (Å²) in [7, 11) is 4.84. The molecule has 0 saturated heterocycles. The molecule has 0 aliphatic heterocycles. The first-order valence-electron chi connectivity index (χ1n) is 8.11. The predicted octanol–water partition coefficient (Wildman–Crippen LogP) is 3.81. The summed E-state index contributed by atoms with van der Waals surface area (Å²) >= 11 is 5.30. The molecule has 0 aliphatic rings. The number of nitrogens with zero attached hydrogens (tertiary/aromatic N) is 1. The molecule has 2 rings (SSSR count). The van der Waals surface area contributed by atoms with Gasteiger partial charge in [-0.25, -0.2) is 0 Å². The van der Waals surface area contributed by atoms with Crippen LogP contribution in [0.1, 0.15) is 18.9 Å². The quantitative estimate of drug-likeness (QED) is 0.437. The summed E-state index contributed by atoms with van der Waals surface area (Å²) in [6.45, 7) is 2.02. The first-order chi connectivity index (χ1) is 12.6. The topological polar surface area (TPSA) is 64.1 Å². The maximum Gasteiger partial charge on any atom is 0.191 e. The Hall–Kier alpha value is -2.80. The molecule has 0 amide bonds. The molecule has 0 unspecified atom stereocenters. The minimum absolute atomic E-state index is 0.404. The van der Waals surface area contributed by atoms with Crippen LogP contribution in [0.5, 0.6) is 17.2 Å². The van der Waals surface area contributed by atoms with E-state index in [1.54, 1.807) is 21.3 Å². The first-order valence-corrected chi connectivity index (χ1v) is 8.52. The van der Waals surface area contributed by atoms with Gasteiger partial charge in [-0.15, -0.1) is 0 Å². The van der Waals surface area contributed by atoms with Gasteiger partial charge in [-0.2, -0.15) is 5.10 Å². The van der Waals surface area contributed by atoms with Crippen molar-refractivity contribution in [2.24, 2.45) is 5.10 Å². The van der Waals surface area contributed by atoms with Gasteiger partial charge in [0.05, 0.1) is 27.0 Å². The second kappa shape index (κ2) is 9.62. The molecule has 0 radical (unpaired) electrons. The van der Waals surface area contributed by atoms with Crippen LogP contribution in [0.4, 0.5) is 5.69 Å². The van der Waals surface area contributed by atoms with E-state index in [9.17, 15) is 0 Å². The lowest BCUT2D eigenvalue weighted by atomic mass is 10.1. The number of hydrazone groups is 1. The summed E-state index contributed by atoms with van der Waals surface area (Å²) in [4.78, 5) is 0. The Balaban J connectivity index is 2.07. The van der Waals surface area contributed by atoms with Crippen LogP contribution >= 0.6 is 12.2 Å². The Labute approximate surface area is 159 Å². The van der Waals surface area contributed by atoms with Crippen LogP contribution in [0.2, 0.25) is 0 Å². The van der Waals surface area contributed by atoms with Crippen molar-refractivity contribution in [1.82, 2.24) is 5.43 Å². The van der Waals surface area contributed by atoms with Crippen molar-refractivity contribution in [1.29, 1.82) is 0 Å². The van der Waals surface area contributed by atoms with E-state index in [0.717, 1.165) is 29.1 Å². The van der Waals surface area contributed by atoms with Crippen molar-refractivity contribution in [3.63, 3.8) is 0 Å². The molecule has 0 spiro atoms. The van der Waals surface area contributed by atoms with Gasteiger partial charge >= 0.3 is 0 Å². The molecule has 0 heterocycles. The maximum atomic E-state index is 5.35. The lowest BCUT2D eigenvalue weighted by Crippen LogP contribution is -2.25. The number of thiocarbonyl (C=S) groups is 1. The normalized spacial score (nSPS) is 10.8. The lowest BCUT2D eigenvalue weighted by molar-refractivity contribution is 0.355. The van der Waals surface area contributed by atoms with Crippen LogP contribution < -0.4 is 25.0 Å². The highest BCUT2D eigenvalue weighted by Gasteiger charge is 2.08. The van der Waals surface area contributed by atoms with E-state index >= 15 is 0 Å². The lowest BCUT2D eigenvalue weighted by Gasteiger charge is -2.12. The van der Waals surface area contributed by atoms with E-state index in [4.69, 9.17) is 26.4 Å². The van der Waals surface area contributed by atoms with Crippen LogP contribution in [0.15, 0.2) is 47.6 Å². The van der Waals surface area contributed by atoms with Gasteiger partial charge in [0.25, 0.3) is 0 Å². The van der Waals surface area contributed by atoms with Crippen LogP contribution in [-0.4, -0.2) is 32.2 Å². The van der Waals surface area contributed by atoms with E-state index in [0.29, 0.717) is 16.6 Å². The molecule has 2 aromatic carbocycles. The summed E-state index contributed by atoms with van der Waals surface area (Å²) in [5.41, 5.74) is 5.52. The van der Waals surface area contributed by atoms with E-state index < -0.39 is 0 Å². The molecule has 0 saturated carbocycles. The number of hydrogen-bond donors (Lipinski definition) is 2. The van der Waals surface area contributed by atoms with Gasteiger partial charge in [0.1, 0.15) is 5.75 Å². The SMILES string of the molecule is CC/C(=N\NC(=S)Nc1ccc(OC)cc1)c1ccc(OC)c(OC)c1. The van der Waals surface area contributed by atoms with Crippen molar-refractivity contribution in [3.05, 3.63) is 48.0 Å². The fraction of sp³-hybridized carbons (Fsp3) is 0.263. The number of hydrogen-bond acceptors (Lipinski definition) is 5. The highest BCUT2D eigenvalue weighted by molar-refractivity contribution is 7.80. The van der Waals surface area contributed by atoms with Gasteiger partial charge in [-0.3, -0.25) is 5.43 Å². The van der Waals surface area contributed by atoms with Gasteiger partial charge in [-0.05, 0) is 61.1 Å². The minimum atomic E-state index is 0.404. The van der Waals surface area contributed by atoms with Crippen molar-refractivity contribution < 1.29 is 14.2 Å². The van der Waals surface area contributed by atoms with Crippen LogP contribution in [0.25, 0.3) is 0 Å². The number of rotatable bonds is 7. The summed E-state index contributed by atoms with van der Waals surface area (Å²) in [6, 6.07) is 13.2. The first kappa shape index (κ1) is 19.5.